The lowest BCUT2D eigenvalue weighted by atomic mass is 10.1. The maximum atomic E-state index is 11.9. The molecule has 0 heterocycles. The monoisotopic (exact) mass is 258 g/mol. The molecule has 18 heavy (non-hydrogen) atoms. The van der Waals surface area contributed by atoms with Gasteiger partial charge in [-0.15, -0.1) is 0 Å². The van der Waals surface area contributed by atoms with Gasteiger partial charge in [0.15, 0.2) is 5.78 Å². The first kappa shape index (κ1) is 12.4. The first-order chi connectivity index (χ1) is 8.66. The van der Waals surface area contributed by atoms with Crippen LogP contribution in [-0.2, 0) is 0 Å². The summed E-state index contributed by atoms with van der Waals surface area (Å²) in [6, 6.07) is 15.4. The molecule has 0 saturated heterocycles. The maximum Gasteiger partial charge on any atom is 0.189 e. The van der Waals surface area contributed by atoms with E-state index < -0.39 is 0 Å². The average molecular weight is 259 g/mol. The summed E-state index contributed by atoms with van der Waals surface area (Å²) in [5, 5.41) is 10.4. The molecule has 0 amide bonds. The van der Waals surface area contributed by atoms with Crippen LogP contribution in [0.25, 0.3) is 5.76 Å². The van der Waals surface area contributed by atoms with Crippen molar-refractivity contribution in [1.82, 2.24) is 0 Å². The van der Waals surface area contributed by atoms with Gasteiger partial charge in [0.2, 0.25) is 0 Å². The van der Waals surface area contributed by atoms with E-state index in [1.807, 2.05) is 6.07 Å². The van der Waals surface area contributed by atoms with E-state index in [1.54, 1.807) is 48.5 Å². The van der Waals surface area contributed by atoms with E-state index in [-0.39, 0.29) is 11.5 Å². The number of carbonyl (C=O) groups is 1. The van der Waals surface area contributed by atoms with Gasteiger partial charge in [-0.1, -0.05) is 41.9 Å². The zero-order valence-electron chi connectivity index (χ0n) is 9.51. The summed E-state index contributed by atoms with van der Waals surface area (Å²) in [4.78, 5) is 11.9. The third-order valence-corrected chi connectivity index (χ3v) is 2.72. The number of allylic oxidation sites excluding steroid dienone is 1. The van der Waals surface area contributed by atoms with Crippen LogP contribution >= 0.6 is 11.6 Å². The van der Waals surface area contributed by atoms with Crippen LogP contribution in [0, 0.1) is 0 Å². The quantitative estimate of drug-likeness (QED) is 0.511. The molecule has 3 heteroatoms. The Bertz CT molecular complexity index is 571. The van der Waals surface area contributed by atoms with Gasteiger partial charge in [0, 0.05) is 22.2 Å². The fraction of sp³-hybridized carbons (Fsp3) is 0. The van der Waals surface area contributed by atoms with E-state index in [4.69, 9.17) is 11.6 Å². The normalized spacial score (nSPS) is 11.3. The Morgan fingerprint density at radius 1 is 0.944 bits per heavy atom. The molecule has 0 spiro atoms. The highest BCUT2D eigenvalue weighted by Gasteiger charge is 2.05. The van der Waals surface area contributed by atoms with Crippen LogP contribution in [0.1, 0.15) is 15.9 Å². The van der Waals surface area contributed by atoms with Crippen molar-refractivity contribution in [3.63, 3.8) is 0 Å². The van der Waals surface area contributed by atoms with E-state index in [9.17, 15) is 9.90 Å². The molecule has 2 aromatic rings. The molecule has 0 aromatic heterocycles. The number of ketones is 1. The van der Waals surface area contributed by atoms with Crippen molar-refractivity contribution in [3.8, 4) is 0 Å². The highest BCUT2D eigenvalue weighted by molar-refractivity contribution is 6.30. The molecule has 0 radical (unpaired) electrons. The fourth-order valence-electron chi connectivity index (χ4n) is 1.51. The lowest BCUT2D eigenvalue weighted by Gasteiger charge is -2.00. The van der Waals surface area contributed by atoms with Gasteiger partial charge in [0.05, 0.1) is 0 Å². The largest absolute Gasteiger partial charge is 0.507 e. The lowest BCUT2D eigenvalue weighted by molar-refractivity contribution is 0.104. The van der Waals surface area contributed by atoms with Gasteiger partial charge in [0.1, 0.15) is 5.76 Å². The molecule has 90 valence electrons. The Morgan fingerprint density at radius 2 is 1.56 bits per heavy atom. The van der Waals surface area contributed by atoms with Crippen LogP contribution in [0.2, 0.25) is 5.02 Å². The van der Waals surface area contributed by atoms with Crippen LogP contribution in [0.15, 0.2) is 60.7 Å². The second-order valence-electron chi connectivity index (χ2n) is 3.77. The van der Waals surface area contributed by atoms with Crippen molar-refractivity contribution >= 4 is 23.1 Å². The second kappa shape index (κ2) is 5.52. The van der Waals surface area contributed by atoms with Gasteiger partial charge in [-0.2, -0.15) is 0 Å². The summed E-state index contributed by atoms with van der Waals surface area (Å²) in [6.45, 7) is 0. The van der Waals surface area contributed by atoms with Crippen molar-refractivity contribution in [2.45, 2.75) is 0 Å². The van der Waals surface area contributed by atoms with E-state index >= 15 is 0 Å². The Morgan fingerprint density at radius 3 is 2.17 bits per heavy atom. The number of aliphatic hydroxyl groups is 1. The minimum Gasteiger partial charge on any atom is -0.507 e. The summed E-state index contributed by atoms with van der Waals surface area (Å²) >= 11 is 5.74. The minimum atomic E-state index is -0.256. The van der Waals surface area contributed by atoms with Gasteiger partial charge in [-0.3, -0.25) is 4.79 Å². The number of rotatable bonds is 3. The Kier molecular flexibility index (Phi) is 3.80. The Labute approximate surface area is 110 Å². The predicted molar refractivity (Wildman–Crippen MR) is 72.8 cm³/mol. The first-order valence-electron chi connectivity index (χ1n) is 5.43. The zero-order valence-corrected chi connectivity index (χ0v) is 10.3. The van der Waals surface area contributed by atoms with Crippen molar-refractivity contribution in [1.29, 1.82) is 0 Å². The molecule has 0 unspecified atom stereocenters. The van der Waals surface area contributed by atoms with Gasteiger partial charge >= 0.3 is 0 Å². The molecule has 1 N–H and O–H groups in total. The van der Waals surface area contributed by atoms with E-state index in [1.165, 1.54) is 6.08 Å². The molecule has 0 aliphatic rings. The molecule has 0 aliphatic heterocycles. The third-order valence-electron chi connectivity index (χ3n) is 2.47. The molecular weight excluding hydrogens is 248 g/mol. The zero-order chi connectivity index (χ0) is 13.0. The van der Waals surface area contributed by atoms with Gasteiger partial charge in [0.25, 0.3) is 0 Å². The average Bonchev–Trinajstić information content (AvgIpc) is 2.40. The van der Waals surface area contributed by atoms with Crippen LogP contribution in [0.4, 0.5) is 0 Å². The van der Waals surface area contributed by atoms with Gasteiger partial charge < -0.3 is 5.11 Å². The smallest absolute Gasteiger partial charge is 0.189 e. The number of aliphatic hydroxyl groups excluding tert-OH is 1. The number of halogens is 1. The highest BCUT2D eigenvalue weighted by atomic mass is 35.5. The maximum absolute atomic E-state index is 11.9. The molecular formula is C15H11ClO2. The molecule has 0 aliphatic carbocycles. The predicted octanol–water partition coefficient (Wildman–Crippen LogP) is 4.12. The molecule has 2 nitrogen and oxygen atoms in total. The molecule has 0 bridgehead atoms. The molecule has 2 rings (SSSR count). The van der Waals surface area contributed by atoms with Crippen LogP contribution in [0.3, 0.4) is 0 Å². The minimum absolute atomic E-state index is 0.0458. The van der Waals surface area contributed by atoms with E-state index in [0.717, 1.165) is 0 Å². The Balaban J connectivity index is 2.23. The number of carbonyl (C=O) groups excluding carboxylic acids is 1. The summed E-state index contributed by atoms with van der Waals surface area (Å²) < 4.78 is 0. The lowest BCUT2D eigenvalue weighted by Crippen LogP contribution is -1.96. The summed E-state index contributed by atoms with van der Waals surface area (Å²) in [6.07, 6.45) is 1.21. The second-order valence-corrected chi connectivity index (χ2v) is 4.20. The molecule has 0 fully saturated rings. The third kappa shape index (κ3) is 2.99. The molecule has 0 saturated carbocycles. The van der Waals surface area contributed by atoms with Crippen LogP contribution in [-0.4, -0.2) is 10.9 Å². The molecule has 0 atom stereocenters. The Hall–Kier alpha value is -2.06. The van der Waals surface area contributed by atoms with Gasteiger partial charge in [-0.25, -0.2) is 0 Å². The fourth-order valence-corrected chi connectivity index (χ4v) is 1.64. The summed E-state index contributed by atoms with van der Waals surface area (Å²) in [5.74, 6) is -0.302. The van der Waals surface area contributed by atoms with Gasteiger partial charge in [-0.05, 0) is 24.3 Å². The highest BCUT2D eigenvalue weighted by Crippen LogP contribution is 2.14. The van der Waals surface area contributed by atoms with Crippen molar-refractivity contribution < 1.29 is 9.90 Å². The number of hydrogen-bond acceptors (Lipinski definition) is 2. The summed E-state index contributed by atoms with van der Waals surface area (Å²) in [5.41, 5.74) is 1.10. The van der Waals surface area contributed by atoms with Crippen molar-refractivity contribution in [2.75, 3.05) is 0 Å². The van der Waals surface area contributed by atoms with E-state index in [2.05, 4.69) is 0 Å². The molecule has 2 aromatic carbocycles. The van der Waals surface area contributed by atoms with Crippen molar-refractivity contribution in [3.05, 3.63) is 76.8 Å². The SMILES string of the molecule is O=C(/C=C(\O)c1ccccc1)c1ccc(Cl)cc1. The van der Waals surface area contributed by atoms with Crippen LogP contribution in [0.5, 0.6) is 0 Å². The topological polar surface area (TPSA) is 37.3 Å². The number of benzene rings is 2. The van der Waals surface area contributed by atoms with Crippen LogP contribution < -0.4 is 0 Å². The first-order valence-corrected chi connectivity index (χ1v) is 5.80. The standard InChI is InChI=1S/C15H11ClO2/c16-13-8-6-12(7-9-13)15(18)10-14(17)11-4-2-1-3-5-11/h1-10,17H/b14-10-. The van der Waals surface area contributed by atoms with E-state index in [0.29, 0.717) is 16.1 Å². The van der Waals surface area contributed by atoms with Crippen molar-refractivity contribution in [2.24, 2.45) is 0 Å². The summed E-state index contributed by atoms with van der Waals surface area (Å²) in [7, 11) is 0. The number of hydrogen-bond donors (Lipinski definition) is 1.